The molecule has 9 heteroatoms. The second kappa shape index (κ2) is 9.42. The third-order valence-corrected chi connectivity index (χ3v) is 4.21. The standard InChI is InChI=1S/C17H23BrN4O4/c1-10(2)7-14(15(23)19-8-13-9-20-17(25)26-13)22-16(24)21-12-5-3-11(18)4-6-12/h3-6,10,13-14H,7-9H2,1-2H3,(H,19,23)(H,20,25)(H2,21,22,24)/t13-,14-/m0/s1. The van der Waals surface area contributed by atoms with E-state index in [1.54, 1.807) is 12.1 Å². The summed E-state index contributed by atoms with van der Waals surface area (Å²) in [6.45, 7) is 4.49. The molecular formula is C17H23BrN4O4. The minimum atomic E-state index is -0.685. The van der Waals surface area contributed by atoms with E-state index in [1.807, 2.05) is 26.0 Å². The molecular weight excluding hydrogens is 404 g/mol. The molecule has 0 aromatic heterocycles. The van der Waals surface area contributed by atoms with E-state index in [4.69, 9.17) is 4.74 Å². The van der Waals surface area contributed by atoms with Crippen molar-refractivity contribution in [1.82, 2.24) is 16.0 Å². The van der Waals surface area contributed by atoms with Gasteiger partial charge < -0.3 is 26.0 Å². The van der Waals surface area contributed by atoms with Crippen LogP contribution in [0.15, 0.2) is 28.7 Å². The first-order valence-corrected chi connectivity index (χ1v) is 9.18. The van der Waals surface area contributed by atoms with Gasteiger partial charge >= 0.3 is 12.1 Å². The Balaban J connectivity index is 1.88. The summed E-state index contributed by atoms with van der Waals surface area (Å²) in [7, 11) is 0. The summed E-state index contributed by atoms with van der Waals surface area (Å²) in [4.78, 5) is 35.6. The van der Waals surface area contributed by atoms with Crippen molar-refractivity contribution in [3.8, 4) is 0 Å². The van der Waals surface area contributed by atoms with Crippen molar-refractivity contribution in [3.63, 3.8) is 0 Å². The van der Waals surface area contributed by atoms with E-state index in [0.717, 1.165) is 4.47 Å². The zero-order valence-electron chi connectivity index (χ0n) is 14.7. The molecule has 0 saturated carbocycles. The van der Waals surface area contributed by atoms with Gasteiger partial charge in [-0.1, -0.05) is 29.8 Å². The fourth-order valence-electron chi connectivity index (χ4n) is 2.44. The smallest absolute Gasteiger partial charge is 0.407 e. The van der Waals surface area contributed by atoms with E-state index in [0.29, 0.717) is 18.7 Å². The molecule has 0 aliphatic carbocycles. The first-order chi connectivity index (χ1) is 12.3. The zero-order valence-corrected chi connectivity index (χ0v) is 16.3. The number of anilines is 1. The zero-order chi connectivity index (χ0) is 19.1. The second-order valence-corrected chi connectivity index (χ2v) is 7.36. The van der Waals surface area contributed by atoms with Gasteiger partial charge in [-0.05, 0) is 36.6 Å². The Hall–Kier alpha value is -2.29. The Bertz CT molecular complexity index is 651. The number of urea groups is 1. The monoisotopic (exact) mass is 426 g/mol. The molecule has 0 bridgehead atoms. The maximum Gasteiger partial charge on any atom is 0.407 e. The molecule has 142 valence electrons. The van der Waals surface area contributed by atoms with E-state index < -0.39 is 24.3 Å². The topological polar surface area (TPSA) is 109 Å². The Morgan fingerprint density at radius 2 is 2.00 bits per heavy atom. The third kappa shape index (κ3) is 6.55. The SMILES string of the molecule is CC(C)C[C@H](NC(=O)Nc1ccc(Br)cc1)C(=O)NC[C@H]1CNC(=O)O1. The largest absolute Gasteiger partial charge is 0.442 e. The van der Waals surface area contributed by atoms with Crippen LogP contribution in [0.1, 0.15) is 20.3 Å². The second-order valence-electron chi connectivity index (χ2n) is 6.44. The number of carbonyl (C=O) groups is 3. The summed E-state index contributed by atoms with van der Waals surface area (Å²) < 4.78 is 5.88. The number of alkyl carbamates (subject to hydrolysis) is 1. The summed E-state index contributed by atoms with van der Waals surface area (Å²) >= 11 is 3.33. The van der Waals surface area contributed by atoms with Gasteiger partial charge in [-0.25, -0.2) is 9.59 Å². The molecule has 4 N–H and O–H groups in total. The number of ether oxygens (including phenoxy) is 1. The lowest BCUT2D eigenvalue weighted by Gasteiger charge is -2.21. The first kappa shape index (κ1) is 20.0. The van der Waals surface area contributed by atoms with Gasteiger partial charge in [-0.15, -0.1) is 0 Å². The predicted octanol–water partition coefficient (Wildman–Crippen LogP) is 2.21. The van der Waals surface area contributed by atoms with Crippen LogP contribution in [0, 0.1) is 5.92 Å². The van der Waals surface area contributed by atoms with Crippen molar-refractivity contribution in [2.45, 2.75) is 32.4 Å². The van der Waals surface area contributed by atoms with Gasteiger partial charge in [0, 0.05) is 10.2 Å². The number of hydrogen-bond acceptors (Lipinski definition) is 4. The van der Waals surface area contributed by atoms with Crippen LogP contribution in [0.5, 0.6) is 0 Å². The van der Waals surface area contributed by atoms with Gasteiger partial charge in [-0.3, -0.25) is 4.79 Å². The Morgan fingerprint density at radius 1 is 1.31 bits per heavy atom. The summed E-state index contributed by atoms with van der Waals surface area (Å²) in [6, 6.07) is 5.98. The molecule has 0 unspecified atom stereocenters. The molecule has 0 spiro atoms. The quantitative estimate of drug-likeness (QED) is 0.535. The molecule has 1 fully saturated rings. The Labute approximate surface area is 160 Å². The van der Waals surface area contributed by atoms with E-state index >= 15 is 0 Å². The molecule has 1 aromatic carbocycles. The van der Waals surface area contributed by atoms with Gasteiger partial charge in [0.1, 0.15) is 12.1 Å². The van der Waals surface area contributed by atoms with E-state index in [9.17, 15) is 14.4 Å². The molecule has 1 aliphatic rings. The molecule has 4 amide bonds. The third-order valence-electron chi connectivity index (χ3n) is 3.68. The van der Waals surface area contributed by atoms with Crippen LogP contribution in [0.25, 0.3) is 0 Å². The van der Waals surface area contributed by atoms with Crippen LogP contribution < -0.4 is 21.3 Å². The van der Waals surface area contributed by atoms with E-state index in [1.165, 1.54) is 0 Å². The number of hydrogen-bond donors (Lipinski definition) is 4. The molecule has 0 radical (unpaired) electrons. The molecule has 1 aliphatic heterocycles. The van der Waals surface area contributed by atoms with Gasteiger partial charge in [0.15, 0.2) is 0 Å². The van der Waals surface area contributed by atoms with Crippen molar-refractivity contribution in [2.24, 2.45) is 5.92 Å². The Morgan fingerprint density at radius 3 is 2.58 bits per heavy atom. The van der Waals surface area contributed by atoms with Crippen molar-refractivity contribution >= 4 is 39.6 Å². The van der Waals surface area contributed by atoms with Gasteiger partial charge in [0.2, 0.25) is 5.91 Å². The molecule has 26 heavy (non-hydrogen) atoms. The molecule has 1 heterocycles. The van der Waals surface area contributed by atoms with Crippen LogP contribution in [-0.2, 0) is 9.53 Å². The number of benzene rings is 1. The highest BCUT2D eigenvalue weighted by Crippen LogP contribution is 2.14. The lowest BCUT2D eigenvalue weighted by molar-refractivity contribution is -0.123. The van der Waals surface area contributed by atoms with Crippen LogP contribution in [0.3, 0.4) is 0 Å². The first-order valence-electron chi connectivity index (χ1n) is 8.38. The van der Waals surface area contributed by atoms with Crippen LogP contribution in [-0.4, -0.2) is 43.3 Å². The van der Waals surface area contributed by atoms with Gasteiger partial charge in [0.05, 0.1) is 13.1 Å². The molecule has 2 rings (SSSR count). The van der Waals surface area contributed by atoms with Crippen LogP contribution >= 0.6 is 15.9 Å². The van der Waals surface area contributed by atoms with Crippen LogP contribution in [0.2, 0.25) is 0 Å². The van der Waals surface area contributed by atoms with E-state index in [2.05, 4.69) is 37.2 Å². The minimum Gasteiger partial charge on any atom is -0.442 e. The number of halogens is 1. The van der Waals surface area contributed by atoms with Crippen molar-refractivity contribution in [2.75, 3.05) is 18.4 Å². The highest BCUT2D eigenvalue weighted by atomic mass is 79.9. The number of cyclic esters (lactones) is 1. The minimum absolute atomic E-state index is 0.197. The fourth-order valence-corrected chi connectivity index (χ4v) is 2.71. The average molecular weight is 427 g/mol. The highest BCUT2D eigenvalue weighted by Gasteiger charge is 2.26. The highest BCUT2D eigenvalue weighted by molar-refractivity contribution is 9.10. The van der Waals surface area contributed by atoms with Crippen LogP contribution in [0.4, 0.5) is 15.3 Å². The summed E-state index contributed by atoms with van der Waals surface area (Å²) in [5, 5.41) is 10.6. The predicted molar refractivity (Wildman–Crippen MR) is 101 cm³/mol. The number of nitrogens with one attached hydrogen (secondary N) is 4. The molecule has 1 aromatic rings. The molecule has 2 atom stereocenters. The molecule has 1 saturated heterocycles. The summed E-state index contributed by atoms with van der Waals surface area (Å²) in [5.74, 6) is -0.0997. The normalized spacial score (nSPS) is 17.2. The van der Waals surface area contributed by atoms with Gasteiger partial charge in [-0.2, -0.15) is 0 Å². The van der Waals surface area contributed by atoms with E-state index in [-0.39, 0.29) is 18.4 Å². The summed E-state index contributed by atoms with van der Waals surface area (Å²) in [5.41, 5.74) is 0.623. The lowest BCUT2D eigenvalue weighted by atomic mass is 10.0. The van der Waals surface area contributed by atoms with Crippen molar-refractivity contribution < 1.29 is 19.1 Å². The lowest BCUT2D eigenvalue weighted by Crippen LogP contribution is -2.50. The number of amides is 4. The summed E-state index contributed by atoms with van der Waals surface area (Å²) in [6.07, 6.45) is -0.403. The maximum absolute atomic E-state index is 12.4. The van der Waals surface area contributed by atoms with Crippen molar-refractivity contribution in [3.05, 3.63) is 28.7 Å². The molecule has 8 nitrogen and oxygen atoms in total. The average Bonchev–Trinajstić information content (AvgIpc) is 2.99. The van der Waals surface area contributed by atoms with Crippen molar-refractivity contribution in [1.29, 1.82) is 0 Å². The maximum atomic E-state index is 12.4. The van der Waals surface area contributed by atoms with Gasteiger partial charge in [0.25, 0.3) is 0 Å². The Kier molecular flexibility index (Phi) is 7.26. The number of carbonyl (C=O) groups excluding carboxylic acids is 3. The fraction of sp³-hybridized carbons (Fsp3) is 0.471. The number of rotatable bonds is 7.